The number of rotatable bonds is 1. The van der Waals surface area contributed by atoms with E-state index in [1.54, 1.807) is 0 Å². The predicted molar refractivity (Wildman–Crippen MR) is 18.6 cm³/mol. The molecule has 0 aliphatic rings. The van der Waals surface area contributed by atoms with E-state index in [4.69, 9.17) is 5.73 Å². The lowest BCUT2D eigenvalue weighted by Gasteiger charge is -1.76. The SMILES string of the molecule is N/C=C/ON. The molecule has 0 aromatic rings. The lowest BCUT2D eigenvalue weighted by atomic mass is 11.0. The van der Waals surface area contributed by atoms with E-state index in [2.05, 4.69) is 10.7 Å². The average molecular weight is 74.1 g/mol. The van der Waals surface area contributed by atoms with Gasteiger partial charge in [-0.1, -0.05) is 0 Å². The van der Waals surface area contributed by atoms with Crippen LogP contribution in [0.15, 0.2) is 12.5 Å². The van der Waals surface area contributed by atoms with Crippen LogP contribution in [-0.4, -0.2) is 0 Å². The molecular weight excluding hydrogens is 68.0 g/mol. The van der Waals surface area contributed by atoms with Crippen LogP contribution >= 0.6 is 0 Å². The summed E-state index contributed by atoms with van der Waals surface area (Å²) in [6.45, 7) is 0. The van der Waals surface area contributed by atoms with Gasteiger partial charge in [0.15, 0.2) is 0 Å². The second kappa shape index (κ2) is 3.30. The molecule has 0 rings (SSSR count). The first-order chi connectivity index (χ1) is 2.41. The number of hydrogen-bond acceptors (Lipinski definition) is 3. The molecule has 5 heavy (non-hydrogen) atoms. The first kappa shape index (κ1) is 4.30. The van der Waals surface area contributed by atoms with E-state index in [-0.39, 0.29) is 0 Å². The molecular formula is C2H6N2O. The summed E-state index contributed by atoms with van der Waals surface area (Å²) < 4.78 is 0. The smallest absolute Gasteiger partial charge is 0.126 e. The van der Waals surface area contributed by atoms with Gasteiger partial charge in [0.1, 0.15) is 6.26 Å². The summed E-state index contributed by atoms with van der Waals surface area (Å²) in [7, 11) is 0. The van der Waals surface area contributed by atoms with Gasteiger partial charge in [-0.15, -0.1) is 0 Å². The third-order valence-corrected chi connectivity index (χ3v) is 0.157. The van der Waals surface area contributed by atoms with Crippen LogP contribution in [0.4, 0.5) is 0 Å². The third kappa shape index (κ3) is 3.30. The molecule has 0 aromatic heterocycles. The van der Waals surface area contributed by atoms with Gasteiger partial charge in [-0.2, -0.15) is 5.90 Å². The van der Waals surface area contributed by atoms with Crippen LogP contribution in [0.5, 0.6) is 0 Å². The average Bonchev–Trinajstić information content (AvgIpc) is 1.41. The Bertz CT molecular complexity index is 34.6. The maximum absolute atomic E-state index is 4.75. The second-order valence-corrected chi connectivity index (χ2v) is 0.465. The van der Waals surface area contributed by atoms with Gasteiger partial charge in [-0.25, -0.2) is 0 Å². The van der Waals surface area contributed by atoms with E-state index in [1.807, 2.05) is 0 Å². The van der Waals surface area contributed by atoms with Crippen molar-refractivity contribution in [2.45, 2.75) is 0 Å². The van der Waals surface area contributed by atoms with Gasteiger partial charge in [-0.05, 0) is 0 Å². The quantitative estimate of drug-likeness (QED) is 0.319. The molecule has 0 aliphatic carbocycles. The second-order valence-electron chi connectivity index (χ2n) is 0.465. The summed E-state index contributed by atoms with van der Waals surface area (Å²) in [5, 5.41) is 0. The van der Waals surface area contributed by atoms with Gasteiger partial charge in [0.05, 0.1) is 0 Å². The van der Waals surface area contributed by atoms with Crippen LogP contribution in [0.3, 0.4) is 0 Å². The van der Waals surface area contributed by atoms with Crippen molar-refractivity contribution in [3.63, 3.8) is 0 Å². The van der Waals surface area contributed by atoms with Crippen molar-refractivity contribution in [2.24, 2.45) is 11.6 Å². The zero-order valence-corrected chi connectivity index (χ0v) is 2.72. The Balaban J connectivity index is 2.62. The molecule has 0 unspecified atom stereocenters. The first-order valence-electron chi connectivity index (χ1n) is 1.14. The van der Waals surface area contributed by atoms with Crippen molar-refractivity contribution >= 4 is 0 Å². The van der Waals surface area contributed by atoms with E-state index in [0.717, 1.165) is 0 Å². The van der Waals surface area contributed by atoms with Crippen molar-refractivity contribution in [1.29, 1.82) is 0 Å². The molecule has 30 valence electrons. The van der Waals surface area contributed by atoms with Gasteiger partial charge in [-0.3, -0.25) is 0 Å². The van der Waals surface area contributed by atoms with Gasteiger partial charge >= 0.3 is 0 Å². The third-order valence-electron chi connectivity index (χ3n) is 0.157. The predicted octanol–water partition coefficient (Wildman–Crippen LogP) is -0.693. The molecule has 3 heteroatoms. The largest absolute Gasteiger partial charge is 0.418 e. The summed E-state index contributed by atoms with van der Waals surface area (Å²) in [6.07, 6.45) is 2.39. The van der Waals surface area contributed by atoms with Crippen molar-refractivity contribution < 1.29 is 4.84 Å². The molecule has 0 atom stereocenters. The fourth-order valence-corrected chi connectivity index (χ4v) is 0.0454. The maximum Gasteiger partial charge on any atom is 0.126 e. The molecule has 0 aromatic carbocycles. The zero-order chi connectivity index (χ0) is 4.12. The molecule has 0 fully saturated rings. The van der Waals surface area contributed by atoms with Crippen LogP contribution in [0.25, 0.3) is 0 Å². The monoisotopic (exact) mass is 74.0 g/mol. The van der Waals surface area contributed by atoms with Gasteiger partial charge in [0.25, 0.3) is 0 Å². The molecule has 0 bridgehead atoms. The topological polar surface area (TPSA) is 61.3 Å². The van der Waals surface area contributed by atoms with Gasteiger partial charge in [0.2, 0.25) is 0 Å². The molecule has 0 spiro atoms. The maximum atomic E-state index is 4.75. The van der Waals surface area contributed by atoms with E-state index in [9.17, 15) is 0 Å². The highest BCUT2D eigenvalue weighted by Gasteiger charge is 1.47. The minimum absolute atomic E-state index is 1.18. The standard InChI is InChI=1S/C2H6N2O/c3-1-2-5-4/h1-2H,3-4H2/b2-1+. The molecule has 3 nitrogen and oxygen atoms in total. The Labute approximate surface area is 30.2 Å². The summed E-state index contributed by atoms with van der Waals surface area (Å²) in [4.78, 5) is 3.89. The lowest BCUT2D eigenvalue weighted by Crippen LogP contribution is -1.89. The summed E-state index contributed by atoms with van der Waals surface area (Å²) in [5.74, 6) is 4.47. The summed E-state index contributed by atoms with van der Waals surface area (Å²) >= 11 is 0. The zero-order valence-electron chi connectivity index (χ0n) is 2.72. The molecule has 0 saturated carbocycles. The molecule has 0 aliphatic heterocycles. The van der Waals surface area contributed by atoms with E-state index >= 15 is 0 Å². The highest BCUT2D eigenvalue weighted by Crippen LogP contribution is 1.52. The van der Waals surface area contributed by atoms with Crippen LogP contribution < -0.4 is 11.6 Å². The Morgan fingerprint density at radius 3 is 2.20 bits per heavy atom. The number of hydrogen-bond donors (Lipinski definition) is 2. The number of nitrogens with two attached hydrogens (primary N) is 2. The van der Waals surface area contributed by atoms with Gasteiger partial charge < -0.3 is 10.6 Å². The lowest BCUT2D eigenvalue weighted by molar-refractivity contribution is 0.260. The van der Waals surface area contributed by atoms with Gasteiger partial charge in [0, 0.05) is 6.20 Å². The van der Waals surface area contributed by atoms with E-state index in [0.29, 0.717) is 0 Å². The van der Waals surface area contributed by atoms with Crippen LogP contribution in [-0.2, 0) is 4.84 Å². The minimum atomic E-state index is 1.18. The summed E-state index contributed by atoms with van der Waals surface area (Å²) in [6, 6.07) is 0. The van der Waals surface area contributed by atoms with Crippen molar-refractivity contribution in [3.8, 4) is 0 Å². The van der Waals surface area contributed by atoms with Crippen molar-refractivity contribution in [1.82, 2.24) is 0 Å². The highest BCUT2D eigenvalue weighted by atomic mass is 16.6. The van der Waals surface area contributed by atoms with E-state index < -0.39 is 0 Å². The van der Waals surface area contributed by atoms with Crippen LogP contribution in [0.1, 0.15) is 0 Å². The minimum Gasteiger partial charge on any atom is -0.418 e. The molecule has 0 heterocycles. The fourth-order valence-electron chi connectivity index (χ4n) is 0.0454. The molecule has 4 N–H and O–H groups in total. The summed E-state index contributed by atoms with van der Waals surface area (Å²) in [5.41, 5.74) is 4.75. The van der Waals surface area contributed by atoms with Crippen molar-refractivity contribution in [2.75, 3.05) is 0 Å². The Kier molecular flexibility index (Phi) is 2.84. The molecule has 0 saturated heterocycles. The van der Waals surface area contributed by atoms with Crippen LogP contribution in [0.2, 0.25) is 0 Å². The normalized spacial score (nSPS) is 9.00. The van der Waals surface area contributed by atoms with E-state index in [1.165, 1.54) is 12.5 Å². The Hall–Kier alpha value is -0.700. The molecule has 0 radical (unpaired) electrons. The highest BCUT2D eigenvalue weighted by molar-refractivity contribution is 4.60. The van der Waals surface area contributed by atoms with Crippen LogP contribution in [0, 0.1) is 0 Å². The first-order valence-corrected chi connectivity index (χ1v) is 1.14. The Morgan fingerprint density at radius 1 is 1.60 bits per heavy atom. The fraction of sp³-hybridized carbons (Fsp3) is 0. The van der Waals surface area contributed by atoms with Crippen molar-refractivity contribution in [3.05, 3.63) is 12.5 Å². The Morgan fingerprint density at radius 2 is 2.20 bits per heavy atom. The molecule has 0 amide bonds.